The molecule has 0 aliphatic carbocycles. The Morgan fingerprint density at radius 3 is 2.04 bits per heavy atom. The molecule has 4 nitrogen and oxygen atoms in total. The summed E-state index contributed by atoms with van der Waals surface area (Å²) >= 11 is 5.35. The van der Waals surface area contributed by atoms with Crippen molar-refractivity contribution in [1.82, 2.24) is 0 Å². The van der Waals surface area contributed by atoms with Crippen LogP contribution in [-0.4, -0.2) is 17.7 Å². The molecule has 2 aromatic rings. The molecule has 0 amide bonds. The van der Waals surface area contributed by atoms with Gasteiger partial charge in [-0.15, -0.1) is 0 Å². The summed E-state index contributed by atoms with van der Waals surface area (Å²) in [7, 11) is 0. The number of carbonyl (C=O) groups is 1. The first-order valence-electron chi connectivity index (χ1n) is 8.98. The Balaban J connectivity index is 1.90. The van der Waals surface area contributed by atoms with E-state index in [-0.39, 0.29) is 5.97 Å². The second-order valence-electron chi connectivity index (χ2n) is 6.22. The first kappa shape index (κ1) is 19.9. The highest BCUT2D eigenvalue weighted by atomic mass is 32.1. The number of hydrogen-bond acceptors (Lipinski definition) is 3. The van der Waals surface area contributed by atoms with Crippen LogP contribution in [0.3, 0.4) is 0 Å². The van der Waals surface area contributed by atoms with Gasteiger partial charge in [0.1, 0.15) is 0 Å². The number of nitrogens with one attached hydrogen (secondary N) is 2. The van der Waals surface area contributed by atoms with E-state index >= 15 is 0 Å². The normalized spacial score (nSPS) is 11.5. The van der Waals surface area contributed by atoms with E-state index in [0.29, 0.717) is 23.2 Å². The molecule has 138 valence electrons. The van der Waals surface area contributed by atoms with E-state index in [1.54, 1.807) is 12.1 Å². The summed E-state index contributed by atoms with van der Waals surface area (Å²) in [6, 6.07) is 15.4. The van der Waals surface area contributed by atoms with E-state index < -0.39 is 0 Å². The van der Waals surface area contributed by atoms with Crippen LogP contribution in [-0.2, 0) is 4.74 Å². The number of thiocarbonyl (C=S) groups is 1. The van der Waals surface area contributed by atoms with E-state index in [9.17, 15) is 4.79 Å². The fraction of sp³-hybridized carbons (Fsp3) is 0.333. The Bertz CT molecular complexity index is 727. The van der Waals surface area contributed by atoms with Gasteiger partial charge in [-0.2, -0.15) is 0 Å². The van der Waals surface area contributed by atoms with Gasteiger partial charge in [-0.05, 0) is 72.9 Å². The van der Waals surface area contributed by atoms with Gasteiger partial charge in [-0.3, -0.25) is 0 Å². The molecule has 0 aliphatic heterocycles. The van der Waals surface area contributed by atoms with Gasteiger partial charge in [0.05, 0.1) is 12.2 Å². The highest BCUT2D eigenvalue weighted by Crippen LogP contribution is 2.20. The van der Waals surface area contributed by atoms with Crippen LogP contribution in [0.4, 0.5) is 11.4 Å². The third-order valence-corrected chi connectivity index (χ3v) is 4.37. The van der Waals surface area contributed by atoms with Gasteiger partial charge in [-0.1, -0.05) is 32.9 Å². The van der Waals surface area contributed by atoms with Crippen LogP contribution in [0.15, 0.2) is 48.5 Å². The van der Waals surface area contributed by atoms with Crippen LogP contribution in [0.1, 0.15) is 55.5 Å². The van der Waals surface area contributed by atoms with Crippen LogP contribution in [0.25, 0.3) is 0 Å². The number of esters is 1. The van der Waals surface area contributed by atoms with Crippen molar-refractivity contribution in [3.05, 3.63) is 59.7 Å². The zero-order chi connectivity index (χ0) is 18.9. The topological polar surface area (TPSA) is 50.4 Å². The minimum Gasteiger partial charge on any atom is -0.462 e. The van der Waals surface area contributed by atoms with Crippen molar-refractivity contribution >= 4 is 34.7 Å². The second kappa shape index (κ2) is 9.92. The highest BCUT2D eigenvalue weighted by molar-refractivity contribution is 7.80. The van der Waals surface area contributed by atoms with Gasteiger partial charge in [0.15, 0.2) is 5.11 Å². The monoisotopic (exact) mass is 370 g/mol. The summed E-state index contributed by atoms with van der Waals surface area (Å²) in [5.74, 6) is 0.247. The predicted octanol–water partition coefficient (Wildman–Crippen LogP) is 5.58. The quantitative estimate of drug-likeness (QED) is 0.492. The van der Waals surface area contributed by atoms with Crippen LogP contribution < -0.4 is 10.6 Å². The number of hydrogen-bond donors (Lipinski definition) is 2. The van der Waals surface area contributed by atoms with Gasteiger partial charge < -0.3 is 15.4 Å². The average Bonchev–Trinajstić information content (AvgIpc) is 2.66. The molecule has 0 fully saturated rings. The zero-order valence-electron chi connectivity index (χ0n) is 15.5. The third-order valence-electron chi connectivity index (χ3n) is 4.17. The van der Waals surface area contributed by atoms with Crippen molar-refractivity contribution in [2.24, 2.45) is 0 Å². The van der Waals surface area contributed by atoms with Gasteiger partial charge in [-0.25, -0.2) is 4.79 Å². The molecule has 2 aromatic carbocycles. The van der Waals surface area contributed by atoms with Crippen LogP contribution in [0, 0.1) is 0 Å². The molecular formula is C21H26N2O2S. The molecule has 2 rings (SSSR count). The predicted molar refractivity (Wildman–Crippen MR) is 112 cm³/mol. The molecule has 0 heterocycles. The Morgan fingerprint density at radius 2 is 1.54 bits per heavy atom. The fourth-order valence-electron chi connectivity index (χ4n) is 2.39. The molecule has 26 heavy (non-hydrogen) atoms. The number of ether oxygens (including phenoxy) is 1. The van der Waals surface area contributed by atoms with Crippen molar-refractivity contribution in [3.8, 4) is 0 Å². The highest BCUT2D eigenvalue weighted by Gasteiger charge is 2.07. The number of rotatable bonds is 7. The summed E-state index contributed by atoms with van der Waals surface area (Å²) in [5.41, 5.74) is 3.60. The molecule has 0 saturated heterocycles. The maximum absolute atomic E-state index is 11.8. The molecule has 0 saturated carbocycles. The summed E-state index contributed by atoms with van der Waals surface area (Å²) in [6.07, 6.45) is 1.93. The van der Waals surface area contributed by atoms with E-state index in [4.69, 9.17) is 17.0 Å². The lowest BCUT2D eigenvalue weighted by Gasteiger charge is -2.13. The summed E-state index contributed by atoms with van der Waals surface area (Å²) in [6.45, 7) is 6.80. The molecule has 1 unspecified atom stereocenters. The number of carbonyl (C=O) groups excluding carboxylic acids is 1. The number of anilines is 2. The Kier molecular flexibility index (Phi) is 7.60. The molecule has 0 spiro atoms. The van der Waals surface area contributed by atoms with Crippen LogP contribution in [0.2, 0.25) is 0 Å². The van der Waals surface area contributed by atoms with Crippen molar-refractivity contribution in [3.63, 3.8) is 0 Å². The first-order chi connectivity index (χ1) is 12.5. The van der Waals surface area contributed by atoms with E-state index in [1.807, 2.05) is 31.2 Å². The summed E-state index contributed by atoms with van der Waals surface area (Å²) in [5, 5.41) is 6.79. The molecular weight excluding hydrogens is 344 g/mol. The number of benzene rings is 2. The molecule has 5 heteroatoms. The lowest BCUT2D eigenvalue weighted by molar-refractivity contribution is 0.0505. The minimum atomic E-state index is -0.305. The average molecular weight is 371 g/mol. The van der Waals surface area contributed by atoms with Gasteiger partial charge in [0.25, 0.3) is 0 Å². The molecule has 0 bridgehead atoms. The molecule has 2 N–H and O–H groups in total. The zero-order valence-corrected chi connectivity index (χ0v) is 16.4. The van der Waals surface area contributed by atoms with Crippen molar-refractivity contribution < 1.29 is 9.53 Å². The lowest BCUT2D eigenvalue weighted by atomic mass is 9.99. The smallest absolute Gasteiger partial charge is 0.338 e. The van der Waals surface area contributed by atoms with E-state index in [0.717, 1.165) is 24.2 Å². The lowest BCUT2D eigenvalue weighted by Crippen LogP contribution is -2.19. The summed E-state index contributed by atoms with van der Waals surface area (Å²) in [4.78, 5) is 11.8. The van der Waals surface area contributed by atoms with E-state index in [1.165, 1.54) is 5.56 Å². The molecule has 1 atom stereocenters. The van der Waals surface area contributed by atoms with E-state index in [2.05, 4.69) is 36.6 Å². The third kappa shape index (κ3) is 5.85. The fourth-order valence-corrected chi connectivity index (χ4v) is 2.63. The molecule has 0 aliphatic rings. The molecule has 0 radical (unpaired) electrons. The Labute approximate surface area is 161 Å². The van der Waals surface area contributed by atoms with Gasteiger partial charge in [0, 0.05) is 11.4 Å². The van der Waals surface area contributed by atoms with Gasteiger partial charge >= 0.3 is 5.97 Å². The second-order valence-corrected chi connectivity index (χ2v) is 6.63. The maximum atomic E-state index is 11.8. The maximum Gasteiger partial charge on any atom is 0.338 e. The van der Waals surface area contributed by atoms with Crippen LogP contribution >= 0.6 is 12.2 Å². The minimum absolute atomic E-state index is 0.305. The van der Waals surface area contributed by atoms with Crippen LogP contribution in [0.5, 0.6) is 0 Å². The Morgan fingerprint density at radius 1 is 1.00 bits per heavy atom. The largest absolute Gasteiger partial charge is 0.462 e. The van der Waals surface area contributed by atoms with Gasteiger partial charge in [0.2, 0.25) is 0 Å². The molecule has 0 aromatic heterocycles. The Hall–Kier alpha value is -2.40. The van der Waals surface area contributed by atoms with Crippen molar-refractivity contribution in [1.29, 1.82) is 0 Å². The first-order valence-corrected chi connectivity index (χ1v) is 9.39. The standard InChI is InChI=1S/C21H26N2O2S/c1-4-14-25-20(24)17-8-12-19(13-9-17)23-21(26)22-18-10-6-16(7-11-18)15(3)5-2/h6-13,15H,4-5,14H2,1-3H3,(H2,22,23,26). The summed E-state index contributed by atoms with van der Waals surface area (Å²) < 4.78 is 5.11. The van der Waals surface area contributed by atoms with Crippen molar-refractivity contribution in [2.45, 2.75) is 39.5 Å². The SMILES string of the molecule is CCCOC(=O)c1ccc(NC(=S)Nc2ccc(C(C)CC)cc2)cc1. The van der Waals surface area contributed by atoms with Crippen molar-refractivity contribution in [2.75, 3.05) is 17.2 Å².